The highest BCUT2D eigenvalue weighted by Crippen LogP contribution is 2.21. The quantitative estimate of drug-likeness (QED) is 0.648. The lowest BCUT2D eigenvalue weighted by Gasteiger charge is -1.99. The lowest BCUT2D eigenvalue weighted by Crippen LogP contribution is -1.83. The van der Waals surface area contributed by atoms with E-state index in [0.717, 1.165) is 16.8 Å². The predicted octanol–water partition coefficient (Wildman–Crippen LogP) is 2.62. The Morgan fingerprint density at radius 2 is 2.07 bits per heavy atom. The Bertz CT molecular complexity index is 584. The van der Waals surface area contributed by atoms with Crippen LogP contribution in [0.3, 0.4) is 0 Å². The molecule has 1 N–H and O–H groups in total. The highest BCUT2D eigenvalue weighted by molar-refractivity contribution is 5.84. The molecule has 0 saturated carbocycles. The third-order valence-corrected chi connectivity index (χ3v) is 2.41. The molecule has 3 heteroatoms. The monoisotopic (exact) mass is 195 g/mol. The first-order valence-electron chi connectivity index (χ1n) is 4.77. The molecule has 0 aliphatic heterocycles. The van der Waals surface area contributed by atoms with Crippen LogP contribution in [0.5, 0.6) is 0 Å². The summed E-state index contributed by atoms with van der Waals surface area (Å²) in [6.07, 6.45) is 7.09. The summed E-state index contributed by atoms with van der Waals surface area (Å²) < 4.78 is 0. The molecule has 15 heavy (non-hydrogen) atoms. The average molecular weight is 195 g/mol. The zero-order valence-corrected chi connectivity index (χ0v) is 8.01. The van der Waals surface area contributed by atoms with Crippen LogP contribution in [0.2, 0.25) is 0 Å². The smallest absolute Gasteiger partial charge is 0.0885 e. The van der Waals surface area contributed by atoms with Gasteiger partial charge in [0, 0.05) is 35.1 Å². The summed E-state index contributed by atoms with van der Waals surface area (Å²) in [7, 11) is 0. The molecule has 0 saturated heterocycles. The van der Waals surface area contributed by atoms with Crippen molar-refractivity contribution in [2.24, 2.45) is 0 Å². The van der Waals surface area contributed by atoms with Gasteiger partial charge in [-0.05, 0) is 18.2 Å². The summed E-state index contributed by atoms with van der Waals surface area (Å²) in [5.41, 5.74) is 3.14. The fourth-order valence-corrected chi connectivity index (χ4v) is 1.66. The Balaban J connectivity index is 2.19. The van der Waals surface area contributed by atoms with Crippen molar-refractivity contribution in [3.63, 3.8) is 0 Å². The van der Waals surface area contributed by atoms with E-state index in [1.54, 1.807) is 18.6 Å². The molecule has 2 aromatic heterocycles. The van der Waals surface area contributed by atoms with E-state index in [1.165, 1.54) is 5.39 Å². The second-order valence-corrected chi connectivity index (χ2v) is 3.37. The maximum atomic E-state index is 4.27. The van der Waals surface area contributed by atoms with E-state index in [9.17, 15) is 0 Å². The van der Waals surface area contributed by atoms with Crippen molar-refractivity contribution >= 4 is 10.9 Å². The van der Waals surface area contributed by atoms with Gasteiger partial charge in [-0.15, -0.1) is 0 Å². The first-order chi connectivity index (χ1) is 7.43. The van der Waals surface area contributed by atoms with Crippen molar-refractivity contribution in [3.8, 4) is 11.3 Å². The van der Waals surface area contributed by atoms with E-state index in [2.05, 4.69) is 33.2 Å². The molecular formula is C12H9N3. The largest absolute Gasteiger partial charge is 0.361 e. The van der Waals surface area contributed by atoms with Crippen LogP contribution in [-0.4, -0.2) is 15.0 Å². The topological polar surface area (TPSA) is 41.6 Å². The molecule has 3 rings (SSSR count). The van der Waals surface area contributed by atoms with Gasteiger partial charge in [0.15, 0.2) is 0 Å². The molecule has 0 spiro atoms. The molecule has 3 aromatic rings. The first kappa shape index (κ1) is 8.17. The SMILES string of the molecule is c1cnc(-c2ccc3[nH]ccc3c2)cn1. The van der Waals surface area contributed by atoms with Crippen LogP contribution < -0.4 is 0 Å². The zero-order chi connectivity index (χ0) is 10.1. The number of nitrogens with zero attached hydrogens (tertiary/aromatic N) is 2. The van der Waals surface area contributed by atoms with Crippen LogP contribution in [0.25, 0.3) is 22.2 Å². The van der Waals surface area contributed by atoms with Gasteiger partial charge in [0.05, 0.1) is 11.9 Å². The highest BCUT2D eigenvalue weighted by Gasteiger charge is 2.00. The molecule has 1 aromatic carbocycles. The maximum Gasteiger partial charge on any atom is 0.0885 e. The van der Waals surface area contributed by atoms with Crippen LogP contribution in [-0.2, 0) is 0 Å². The van der Waals surface area contributed by atoms with Gasteiger partial charge in [0.25, 0.3) is 0 Å². The second-order valence-electron chi connectivity index (χ2n) is 3.37. The van der Waals surface area contributed by atoms with Crippen LogP contribution in [0.1, 0.15) is 0 Å². The van der Waals surface area contributed by atoms with Gasteiger partial charge < -0.3 is 4.98 Å². The maximum absolute atomic E-state index is 4.27. The number of H-pyrrole nitrogens is 1. The molecule has 0 amide bonds. The zero-order valence-electron chi connectivity index (χ0n) is 8.01. The van der Waals surface area contributed by atoms with Crippen molar-refractivity contribution in [2.75, 3.05) is 0 Å². The van der Waals surface area contributed by atoms with Gasteiger partial charge in [-0.25, -0.2) is 0 Å². The van der Waals surface area contributed by atoms with Gasteiger partial charge in [-0.1, -0.05) is 6.07 Å². The molecule has 0 fully saturated rings. The Kier molecular flexibility index (Phi) is 1.75. The minimum atomic E-state index is 0.903. The molecule has 72 valence electrons. The van der Waals surface area contributed by atoms with Crippen LogP contribution in [0, 0.1) is 0 Å². The predicted molar refractivity (Wildman–Crippen MR) is 59.3 cm³/mol. The fraction of sp³-hybridized carbons (Fsp3) is 0. The number of fused-ring (bicyclic) bond motifs is 1. The van der Waals surface area contributed by atoms with Gasteiger partial charge in [-0.3, -0.25) is 9.97 Å². The van der Waals surface area contributed by atoms with Crippen LogP contribution in [0.15, 0.2) is 49.1 Å². The highest BCUT2D eigenvalue weighted by atomic mass is 14.8. The van der Waals surface area contributed by atoms with Gasteiger partial charge in [-0.2, -0.15) is 0 Å². The molecule has 0 aliphatic rings. The lowest BCUT2D eigenvalue weighted by molar-refractivity contribution is 1.21. The lowest BCUT2D eigenvalue weighted by atomic mass is 10.1. The van der Waals surface area contributed by atoms with Crippen molar-refractivity contribution in [1.29, 1.82) is 0 Å². The van der Waals surface area contributed by atoms with Crippen molar-refractivity contribution in [3.05, 3.63) is 49.1 Å². The molecule has 0 unspecified atom stereocenters. The Hall–Kier alpha value is -2.16. The third-order valence-electron chi connectivity index (χ3n) is 2.41. The number of rotatable bonds is 1. The second kappa shape index (κ2) is 3.20. The first-order valence-corrected chi connectivity index (χ1v) is 4.77. The molecule has 3 nitrogen and oxygen atoms in total. The van der Waals surface area contributed by atoms with Gasteiger partial charge in [0.2, 0.25) is 0 Å². The molecular weight excluding hydrogens is 186 g/mol. The Morgan fingerprint density at radius 1 is 1.07 bits per heavy atom. The summed E-state index contributed by atoms with van der Waals surface area (Å²) in [5.74, 6) is 0. The molecule has 0 aliphatic carbocycles. The van der Waals surface area contributed by atoms with Gasteiger partial charge in [0.1, 0.15) is 0 Å². The molecule has 0 radical (unpaired) electrons. The van der Waals surface area contributed by atoms with Crippen molar-refractivity contribution < 1.29 is 0 Å². The summed E-state index contributed by atoms with van der Waals surface area (Å²) >= 11 is 0. The summed E-state index contributed by atoms with van der Waals surface area (Å²) in [4.78, 5) is 11.5. The van der Waals surface area contributed by atoms with E-state index in [4.69, 9.17) is 0 Å². The van der Waals surface area contributed by atoms with Gasteiger partial charge >= 0.3 is 0 Å². The van der Waals surface area contributed by atoms with E-state index >= 15 is 0 Å². The molecule has 0 bridgehead atoms. The number of aromatic amines is 1. The minimum absolute atomic E-state index is 0.903. The Morgan fingerprint density at radius 3 is 2.93 bits per heavy atom. The number of benzene rings is 1. The molecule has 2 heterocycles. The minimum Gasteiger partial charge on any atom is -0.361 e. The normalized spacial score (nSPS) is 10.7. The van der Waals surface area contributed by atoms with Crippen molar-refractivity contribution in [1.82, 2.24) is 15.0 Å². The van der Waals surface area contributed by atoms with E-state index < -0.39 is 0 Å². The number of aromatic nitrogens is 3. The number of hydrogen-bond donors (Lipinski definition) is 1. The standard InChI is InChI=1S/C12H9N3/c1-2-11-10(3-4-14-11)7-9(1)12-8-13-5-6-15-12/h1-8,14H. The number of hydrogen-bond acceptors (Lipinski definition) is 2. The summed E-state index contributed by atoms with van der Waals surface area (Å²) in [6, 6.07) is 8.26. The Labute approximate surface area is 86.8 Å². The van der Waals surface area contributed by atoms with E-state index in [0.29, 0.717) is 0 Å². The molecule has 0 atom stereocenters. The third kappa shape index (κ3) is 1.38. The number of nitrogens with one attached hydrogen (secondary N) is 1. The average Bonchev–Trinajstić information content (AvgIpc) is 2.77. The fourth-order valence-electron chi connectivity index (χ4n) is 1.66. The van der Waals surface area contributed by atoms with Crippen LogP contribution in [0.4, 0.5) is 0 Å². The summed E-state index contributed by atoms with van der Waals surface area (Å²) in [5, 5.41) is 1.19. The van der Waals surface area contributed by atoms with E-state index in [1.807, 2.05) is 12.3 Å². The summed E-state index contributed by atoms with van der Waals surface area (Å²) in [6.45, 7) is 0. The van der Waals surface area contributed by atoms with E-state index in [-0.39, 0.29) is 0 Å². The van der Waals surface area contributed by atoms with Crippen LogP contribution >= 0.6 is 0 Å². The van der Waals surface area contributed by atoms with Crippen molar-refractivity contribution in [2.45, 2.75) is 0 Å².